The summed E-state index contributed by atoms with van der Waals surface area (Å²) >= 11 is 0. The van der Waals surface area contributed by atoms with E-state index in [2.05, 4.69) is 17.1 Å². The van der Waals surface area contributed by atoms with Gasteiger partial charge in [0.05, 0.1) is 11.9 Å². The molecule has 0 amide bonds. The second-order valence-electron chi connectivity index (χ2n) is 6.05. The van der Waals surface area contributed by atoms with Crippen molar-refractivity contribution in [3.05, 3.63) is 72.1 Å². The fourth-order valence-corrected chi connectivity index (χ4v) is 3.28. The van der Waals surface area contributed by atoms with Crippen molar-refractivity contribution in [3.63, 3.8) is 0 Å². The molecule has 4 aromatic rings. The highest BCUT2D eigenvalue weighted by Crippen LogP contribution is 2.22. The topological polar surface area (TPSA) is 63.8 Å². The molecule has 0 aliphatic carbocycles. The smallest absolute Gasteiger partial charge is 0.235 e. The van der Waals surface area contributed by atoms with Crippen LogP contribution >= 0.6 is 0 Å². The number of aromatic amines is 1. The molecular weight excluding hydrogens is 298 g/mol. The average molecular weight is 317 g/mol. The van der Waals surface area contributed by atoms with Crippen molar-refractivity contribution in [2.24, 2.45) is 5.73 Å². The van der Waals surface area contributed by atoms with Crippen molar-refractivity contribution < 1.29 is 4.79 Å². The first-order valence-corrected chi connectivity index (χ1v) is 8.14. The van der Waals surface area contributed by atoms with Crippen LogP contribution in [0, 0.1) is 0 Å². The largest absolute Gasteiger partial charge is 0.361 e. The lowest BCUT2D eigenvalue weighted by molar-refractivity contribution is 0.0919. The van der Waals surface area contributed by atoms with E-state index in [1.165, 1.54) is 0 Å². The van der Waals surface area contributed by atoms with Crippen LogP contribution in [-0.4, -0.2) is 22.0 Å². The number of rotatable bonds is 4. The number of nitrogens with one attached hydrogen (secondary N) is 1. The third kappa shape index (κ3) is 2.51. The molecule has 2 heterocycles. The average Bonchev–Trinajstić information content (AvgIpc) is 3.20. The first-order valence-electron chi connectivity index (χ1n) is 8.14. The summed E-state index contributed by atoms with van der Waals surface area (Å²) in [5, 5.41) is 2.24. The Hall–Kier alpha value is -2.85. The number of fused-ring (bicyclic) bond motifs is 2. The molecule has 4 nitrogen and oxygen atoms in total. The second-order valence-corrected chi connectivity index (χ2v) is 6.05. The Kier molecular flexibility index (Phi) is 3.67. The van der Waals surface area contributed by atoms with Crippen LogP contribution in [0.1, 0.15) is 15.9 Å². The minimum absolute atomic E-state index is 0.0735. The highest BCUT2D eigenvalue weighted by molar-refractivity contribution is 5.95. The van der Waals surface area contributed by atoms with E-state index in [0.717, 1.165) is 39.4 Å². The van der Waals surface area contributed by atoms with Gasteiger partial charge in [-0.3, -0.25) is 9.36 Å². The van der Waals surface area contributed by atoms with Crippen LogP contribution in [0.4, 0.5) is 0 Å². The number of carbonyl (C=O) groups is 1. The number of carbonyl (C=O) groups excluding carboxylic acids is 1. The zero-order valence-corrected chi connectivity index (χ0v) is 13.3. The molecule has 0 radical (unpaired) electrons. The van der Waals surface area contributed by atoms with E-state index in [0.29, 0.717) is 13.0 Å². The van der Waals surface area contributed by atoms with Crippen molar-refractivity contribution in [1.29, 1.82) is 0 Å². The van der Waals surface area contributed by atoms with E-state index in [1.807, 2.05) is 48.8 Å². The van der Waals surface area contributed by atoms with Crippen molar-refractivity contribution >= 4 is 27.7 Å². The van der Waals surface area contributed by atoms with Gasteiger partial charge < -0.3 is 10.7 Å². The lowest BCUT2D eigenvalue weighted by Crippen LogP contribution is -2.12. The molecular formula is C20H19N3O. The van der Waals surface area contributed by atoms with Crippen molar-refractivity contribution in [1.82, 2.24) is 9.55 Å². The second kappa shape index (κ2) is 5.98. The summed E-state index contributed by atoms with van der Waals surface area (Å²) < 4.78 is 1.77. The Balaban J connectivity index is 1.70. The van der Waals surface area contributed by atoms with Crippen molar-refractivity contribution in [2.75, 3.05) is 6.54 Å². The van der Waals surface area contributed by atoms with Crippen LogP contribution in [-0.2, 0) is 12.8 Å². The first-order chi connectivity index (χ1) is 11.8. The van der Waals surface area contributed by atoms with Crippen LogP contribution in [0.5, 0.6) is 0 Å². The fourth-order valence-electron chi connectivity index (χ4n) is 3.28. The molecule has 24 heavy (non-hydrogen) atoms. The molecule has 120 valence electrons. The lowest BCUT2D eigenvalue weighted by Gasteiger charge is -2.05. The van der Waals surface area contributed by atoms with E-state index in [-0.39, 0.29) is 5.91 Å². The van der Waals surface area contributed by atoms with Gasteiger partial charge in [-0.2, -0.15) is 0 Å². The minimum Gasteiger partial charge on any atom is -0.361 e. The van der Waals surface area contributed by atoms with Gasteiger partial charge in [-0.1, -0.05) is 24.3 Å². The molecule has 0 saturated heterocycles. The fraction of sp³-hybridized carbons (Fsp3) is 0.150. The maximum Gasteiger partial charge on any atom is 0.235 e. The lowest BCUT2D eigenvalue weighted by atomic mass is 10.1. The summed E-state index contributed by atoms with van der Waals surface area (Å²) in [5.74, 6) is 0.0735. The Labute approximate surface area is 139 Å². The van der Waals surface area contributed by atoms with Gasteiger partial charge in [-0.05, 0) is 53.7 Å². The minimum atomic E-state index is 0.0735. The number of nitrogens with two attached hydrogens (primary N) is 1. The monoisotopic (exact) mass is 317 g/mol. The zero-order chi connectivity index (χ0) is 16.5. The number of benzene rings is 2. The van der Waals surface area contributed by atoms with E-state index in [4.69, 9.17) is 5.73 Å². The van der Waals surface area contributed by atoms with E-state index in [1.54, 1.807) is 4.57 Å². The Morgan fingerprint density at radius 1 is 1.12 bits per heavy atom. The number of H-pyrrole nitrogens is 1. The van der Waals surface area contributed by atoms with Crippen LogP contribution in [0.15, 0.2) is 60.9 Å². The SMILES string of the molecule is NCCc1cn(C(=O)Cc2ccc3[nH]ccc3c2)c2ccccc12. The van der Waals surface area contributed by atoms with Gasteiger partial charge in [-0.15, -0.1) is 0 Å². The predicted octanol–water partition coefficient (Wildman–Crippen LogP) is 3.51. The van der Waals surface area contributed by atoms with Crippen molar-refractivity contribution in [2.45, 2.75) is 12.8 Å². The van der Waals surface area contributed by atoms with Crippen molar-refractivity contribution in [3.8, 4) is 0 Å². The maximum absolute atomic E-state index is 12.8. The van der Waals surface area contributed by atoms with Gasteiger partial charge in [0.1, 0.15) is 0 Å². The molecule has 0 saturated carbocycles. The molecule has 0 aliphatic heterocycles. The van der Waals surface area contributed by atoms with E-state index < -0.39 is 0 Å². The van der Waals surface area contributed by atoms with E-state index in [9.17, 15) is 4.79 Å². The molecule has 0 atom stereocenters. The molecule has 4 rings (SSSR count). The summed E-state index contributed by atoms with van der Waals surface area (Å²) in [4.78, 5) is 16.0. The third-order valence-electron chi connectivity index (χ3n) is 4.45. The Morgan fingerprint density at radius 2 is 2.00 bits per heavy atom. The van der Waals surface area contributed by atoms with Gasteiger partial charge in [0, 0.05) is 23.3 Å². The summed E-state index contributed by atoms with van der Waals surface area (Å²) in [6.45, 7) is 0.576. The Bertz CT molecular complexity index is 1030. The molecule has 4 heteroatoms. The quantitative estimate of drug-likeness (QED) is 0.605. The number of hydrogen-bond acceptors (Lipinski definition) is 2. The summed E-state index contributed by atoms with van der Waals surface area (Å²) in [7, 11) is 0. The van der Waals surface area contributed by atoms with Gasteiger partial charge in [0.15, 0.2) is 0 Å². The molecule has 0 unspecified atom stereocenters. The number of nitrogens with zero attached hydrogens (tertiary/aromatic N) is 1. The molecule has 0 aliphatic rings. The number of para-hydroxylation sites is 1. The maximum atomic E-state index is 12.8. The normalized spacial score (nSPS) is 11.4. The number of aromatic nitrogens is 2. The summed E-state index contributed by atoms with van der Waals surface area (Å²) in [6, 6.07) is 16.1. The molecule has 0 spiro atoms. The van der Waals surface area contributed by atoms with Crippen LogP contribution in [0.3, 0.4) is 0 Å². The molecule has 2 aromatic heterocycles. The van der Waals surface area contributed by atoms with Crippen LogP contribution < -0.4 is 5.73 Å². The first kappa shape index (κ1) is 14.7. The predicted molar refractivity (Wildman–Crippen MR) is 97.3 cm³/mol. The van der Waals surface area contributed by atoms with Crippen LogP contribution in [0.2, 0.25) is 0 Å². The standard InChI is InChI=1S/C20H19N3O/c21-9-7-16-13-23(19-4-2-1-3-17(16)19)20(24)12-14-5-6-18-15(11-14)8-10-22-18/h1-6,8,10-11,13,22H,7,9,12,21H2. The van der Waals surface area contributed by atoms with Crippen LogP contribution in [0.25, 0.3) is 21.8 Å². The summed E-state index contributed by atoms with van der Waals surface area (Å²) in [5.41, 5.74) is 9.89. The zero-order valence-electron chi connectivity index (χ0n) is 13.3. The molecule has 0 fully saturated rings. The van der Waals surface area contributed by atoms with Gasteiger partial charge >= 0.3 is 0 Å². The summed E-state index contributed by atoms with van der Waals surface area (Å²) in [6.07, 6.45) is 5.00. The van der Waals surface area contributed by atoms with Gasteiger partial charge in [0.2, 0.25) is 5.91 Å². The third-order valence-corrected chi connectivity index (χ3v) is 4.45. The highest BCUT2D eigenvalue weighted by Gasteiger charge is 2.13. The molecule has 0 bridgehead atoms. The molecule has 2 aromatic carbocycles. The number of hydrogen-bond donors (Lipinski definition) is 2. The highest BCUT2D eigenvalue weighted by atomic mass is 16.2. The Morgan fingerprint density at radius 3 is 2.88 bits per heavy atom. The van der Waals surface area contributed by atoms with E-state index >= 15 is 0 Å². The van der Waals surface area contributed by atoms with Gasteiger partial charge in [-0.25, -0.2) is 0 Å². The van der Waals surface area contributed by atoms with Gasteiger partial charge in [0.25, 0.3) is 0 Å². The molecule has 3 N–H and O–H groups in total.